The molecule has 0 aliphatic carbocycles. The standard InChI is InChI=1S/C12H11F3N4O2/c1-7-3-2-4-8(5-7)17-11(20)16-6-9-18-10(19-21-9)12(13,14)15/h2-5H,6H2,1H3,(H2,16,17,20). The van der Waals surface area contributed by atoms with Crippen molar-refractivity contribution in [1.82, 2.24) is 15.5 Å². The molecule has 6 nitrogen and oxygen atoms in total. The lowest BCUT2D eigenvalue weighted by Crippen LogP contribution is -2.28. The minimum Gasteiger partial charge on any atom is -0.337 e. The third-order valence-electron chi connectivity index (χ3n) is 2.40. The fourth-order valence-corrected chi connectivity index (χ4v) is 1.50. The molecule has 21 heavy (non-hydrogen) atoms. The summed E-state index contributed by atoms with van der Waals surface area (Å²) in [7, 11) is 0. The van der Waals surface area contributed by atoms with Crippen molar-refractivity contribution in [3.8, 4) is 0 Å². The fourth-order valence-electron chi connectivity index (χ4n) is 1.50. The molecular weight excluding hydrogens is 289 g/mol. The molecule has 112 valence electrons. The highest BCUT2D eigenvalue weighted by Crippen LogP contribution is 2.26. The summed E-state index contributed by atoms with van der Waals surface area (Å²) in [6.45, 7) is 1.56. The van der Waals surface area contributed by atoms with Crippen molar-refractivity contribution in [2.45, 2.75) is 19.6 Å². The average Bonchev–Trinajstić information content (AvgIpc) is 2.85. The van der Waals surface area contributed by atoms with Gasteiger partial charge in [-0.15, -0.1) is 0 Å². The smallest absolute Gasteiger partial charge is 0.337 e. The van der Waals surface area contributed by atoms with Gasteiger partial charge < -0.3 is 15.2 Å². The maximum atomic E-state index is 12.2. The molecule has 1 heterocycles. The summed E-state index contributed by atoms with van der Waals surface area (Å²) in [6, 6.07) is 6.46. The molecule has 0 bridgehead atoms. The van der Waals surface area contributed by atoms with Gasteiger partial charge in [0.05, 0.1) is 6.54 Å². The van der Waals surface area contributed by atoms with E-state index in [0.29, 0.717) is 5.69 Å². The number of carbonyl (C=O) groups is 1. The second kappa shape index (κ2) is 5.81. The molecule has 2 amide bonds. The van der Waals surface area contributed by atoms with Gasteiger partial charge in [-0.1, -0.05) is 17.3 Å². The molecule has 0 atom stereocenters. The van der Waals surface area contributed by atoms with Gasteiger partial charge in [0.25, 0.3) is 5.82 Å². The number of alkyl halides is 3. The van der Waals surface area contributed by atoms with E-state index in [4.69, 9.17) is 0 Å². The van der Waals surface area contributed by atoms with E-state index in [1.807, 2.05) is 13.0 Å². The lowest BCUT2D eigenvalue weighted by Gasteiger charge is -2.06. The number of nitrogens with zero attached hydrogens (tertiary/aromatic N) is 2. The zero-order valence-corrected chi connectivity index (χ0v) is 10.9. The predicted octanol–water partition coefficient (Wildman–Crippen LogP) is 2.72. The van der Waals surface area contributed by atoms with Crippen LogP contribution in [0.5, 0.6) is 0 Å². The molecule has 0 saturated heterocycles. The number of carbonyl (C=O) groups excluding carboxylic acids is 1. The highest BCUT2D eigenvalue weighted by Gasteiger charge is 2.37. The molecule has 1 aromatic heterocycles. The van der Waals surface area contributed by atoms with Crippen LogP contribution in [-0.2, 0) is 12.7 Å². The van der Waals surface area contributed by atoms with Crippen LogP contribution in [0.25, 0.3) is 0 Å². The number of aryl methyl sites for hydroxylation is 1. The van der Waals surface area contributed by atoms with Crippen molar-refractivity contribution in [3.05, 3.63) is 41.5 Å². The topological polar surface area (TPSA) is 80.0 Å². The number of aromatic nitrogens is 2. The Balaban J connectivity index is 1.88. The Hall–Kier alpha value is -2.58. The molecule has 0 aliphatic rings. The Morgan fingerprint density at radius 1 is 1.38 bits per heavy atom. The van der Waals surface area contributed by atoms with Crippen LogP contribution in [0.4, 0.5) is 23.7 Å². The van der Waals surface area contributed by atoms with Crippen molar-refractivity contribution in [2.75, 3.05) is 5.32 Å². The number of urea groups is 1. The maximum Gasteiger partial charge on any atom is 0.455 e. The number of anilines is 1. The van der Waals surface area contributed by atoms with Crippen molar-refractivity contribution < 1.29 is 22.5 Å². The summed E-state index contributed by atoms with van der Waals surface area (Å²) in [5.41, 5.74) is 1.52. The van der Waals surface area contributed by atoms with Crippen LogP contribution in [0, 0.1) is 6.92 Å². The molecule has 0 aliphatic heterocycles. The molecule has 0 unspecified atom stereocenters. The monoisotopic (exact) mass is 300 g/mol. The Bertz CT molecular complexity index is 639. The molecule has 1 aromatic carbocycles. The number of benzene rings is 1. The first-order chi connectivity index (χ1) is 9.84. The minimum atomic E-state index is -4.68. The van der Waals surface area contributed by atoms with Crippen LogP contribution in [0.3, 0.4) is 0 Å². The summed E-state index contributed by atoms with van der Waals surface area (Å²) < 4.78 is 41.1. The Morgan fingerprint density at radius 2 is 2.14 bits per heavy atom. The van der Waals surface area contributed by atoms with E-state index in [-0.39, 0.29) is 12.4 Å². The first kappa shape index (κ1) is 14.8. The van der Waals surface area contributed by atoms with Gasteiger partial charge in [-0.3, -0.25) is 0 Å². The van der Waals surface area contributed by atoms with Crippen molar-refractivity contribution in [1.29, 1.82) is 0 Å². The first-order valence-corrected chi connectivity index (χ1v) is 5.86. The Kier molecular flexibility index (Phi) is 4.10. The number of hydrogen-bond donors (Lipinski definition) is 2. The largest absolute Gasteiger partial charge is 0.455 e. The molecule has 0 saturated carbocycles. The number of halogens is 3. The summed E-state index contributed by atoms with van der Waals surface area (Å²) in [4.78, 5) is 14.7. The van der Waals surface area contributed by atoms with Crippen molar-refractivity contribution >= 4 is 11.7 Å². The quantitative estimate of drug-likeness (QED) is 0.913. The normalized spacial score (nSPS) is 11.2. The highest BCUT2D eigenvalue weighted by molar-refractivity contribution is 5.89. The number of nitrogens with one attached hydrogen (secondary N) is 2. The Labute approximate surface area is 117 Å². The van der Waals surface area contributed by atoms with Crippen molar-refractivity contribution in [3.63, 3.8) is 0 Å². The number of rotatable bonds is 3. The molecule has 2 N–H and O–H groups in total. The molecule has 0 fully saturated rings. The summed E-state index contributed by atoms with van der Waals surface area (Å²) in [6.07, 6.45) is -4.68. The maximum absolute atomic E-state index is 12.2. The van der Waals surface area contributed by atoms with E-state index < -0.39 is 18.0 Å². The molecule has 0 spiro atoms. The van der Waals surface area contributed by atoms with E-state index in [9.17, 15) is 18.0 Å². The molecule has 2 aromatic rings. The lowest BCUT2D eigenvalue weighted by molar-refractivity contribution is -0.146. The molecule has 2 rings (SSSR count). The summed E-state index contributed by atoms with van der Waals surface area (Å²) in [5, 5.41) is 7.62. The van der Waals surface area contributed by atoms with Gasteiger partial charge >= 0.3 is 12.2 Å². The van der Waals surface area contributed by atoms with Gasteiger partial charge in [0.1, 0.15) is 0 Å². The molecule has 0 radical (unpaired) electrons. The van der Waals surface area contributed by atoms with Gasteiger partial charge in [0.2, 0.25) is 5.89 Å². The fraction of sp³-hybridized carbons (Fsp3) is 0.250. The van der Waals surface area contributed by atoms with Crippen LogP contribution >= 0.6 is 0 Å². The van der Waals surface area contributed by atoms with Gasteiger partial charge in [-0.05, 0) is 24.6 Å². The third kappa shape index (κ3) is 4.20. The van der Waals surface area contributed by atoms with Gasteiger partial charge in [0, 0.05) is 5.69 Å². The van der Waals surface area contributed by atoms with Crippen molar-refractivity contribution in [2.24, 2.45) is 0 Å². The molecular formula is C12H11F3N4O2. The van der Waals surface area contributed by atoms with Gasteiger partial charge in [-0.2, -0.15) is 18.2 Å². The number of amides is 2. The van der Waals surface area contributed by atoms with E-state index in [0.717, 1.165) is 5.56 Å². The summed E-state index contributed by atoms with van der Waals surface area (Å²) in [5.74, 6) is -1.71. The average molecular weight is 300 g/mol. The van der Waals surface area contributed by atoms with E-state index in [2.05, 4.69) is 25.3 Å². The van der Waals surface area contributed by atoms with Crippen LogP contribution < -0.4 is 10.6 Å². The predicted molar refractivity (Wildman–Crippen MR) is 66.3 cm³/mol. The van der Waals surface area contributed by atoms with E-state index >= 15 is 0 Å². The third-order valence-corrected chi connectivity index (χ3v) is 2.40. The zero-order chi connectivity index (χ0) is 15.5. The van der Waals surface area contributed by atoms with E-state index in [1.54, 1.807) is 18.2 Å². The number of hydrogen-bond acceptors (Lipinski definition) is 4. The second-order valence-electron chi connectivity index (χ2n) is 4.19. The summed E-state index contributed by atoms with van der Waals surface area (Å²) >= 11 is 0. The van der Waals surface area contributed by atoms with Crippen LogP contribution in [0.1, 0.15) is 17.3 Å². The minimum absolute atomic E-state index is 0.305. The Morgan fingerprint density at radius 3 is 2.76 bits per heavy atom. The van der Waals surface area contributed by atoms with Gasteiger partial charge in [0.15, 0.2) is 0 Å². The lowest BCUT2D eigenvalue weighted by atomic mass is 10.2. The molecule has 9 heteroatoms. The van der Waals surface area contributed by atoms with Gasteiger partial charge in [-0.25, -0.2) is 4.79 Å². The van der Waals surface area contributed by atoms with E-state index in [1.165, 1.54) is 0 Å². The highest BCUT2D eigenvalue weighted by atomic mass is 19.4. The van der Waals surface area contributed by atoms with Crippen LogP contribution in [0.15, 0.2) is 28.8 Å². The second-order valence-corrected chi connectivity index (χ2v) is 4.19. The SMILES string of the molecule is Cc1cccc(NC(=O)NCc2nc(C(F)(F)F)no2)c1. The van der Waals surface area contributed by atoms with Crippen LogP contribution in [-0.4, -0.2) is 16.2 Å². The zero-order valence-electron chi connectivity index (χ0n) is 10.9. The van der Waals surface area contributed by atoms with Crippen LogP contribution in [0.2, 0.25) is 0 Å². The first-order valence-electron chi connectivity index (χ1n) is 5.86.